The van der Waals surface area contributed by atoms with E-state index in [1.54, 1.807) is 12.1 Å². The summed E-state index contributed by atoms with van der Waals surface area (Å²) in [6, 6.07) is 34.3. The van der Waals surface area contributed by atoms with Crippen molar-refractivity contribution in [1.29, 1.82) is 0 Å². The summed E-state index contributed by atoms with van der Waals surface area (Å²) in [5.74, 6) is -0.590. The van der Waals surface area contributed by atoms with E-state index in [9.17, 15) is 9.18 Å². The van der Waals surface area contributed by atoms with Gasteiger partial charge in [-0.2, -0.15) is 5.10 Å². The van der Waals surface area contributed by atoms with E-state index in [4.69, 9.17) is 5.10 Å². The SMILES string of the molecule is O=C1c2ccccc2CCC12C(c1ccc(F)cc1)C(c1ccccc1)=NN2c1ccccc1. The van der Waals surface area contributed by atoms with E-state index < -0.39 is 5.54 Å². The van der Waals surface area contributed by atoms with Gasteiger partial charge in [0, 0.05) is 5.56 Å². The predicted octanol–water partition coefficient (Wildman–Crippen LogP) is 6.40. The molecule has 4 aromatic rings. The van der Waals surface area contributed by atoms with Crippen LogP contribution >= 0.6 is 0 Å². The first kappa shape index (κ1) is 20.5. The highest BCUT2D eigenvalue weighted by atomic mass is 19.1. The highest BCUT2D eigenvalue weighted by Gasteiger charge is 2.59. The summed E-state index contributed by atoms with van der Waals surface area (Å²) in [5, 5.41) is 7.08. The number of benzene rings is 4. The molecule has 0 amide bonds. The number of anilines is 1. The molecule has 2 aliphatic rings. The number of Topliss-reactive ketones (excluding diaryl/α,β-unsaturated/α-hetero) is 1. The van der Waals surface area contributed by atoms with Crippen molar-refractivity contribution in [2.45, 2.75) is 24.3 Å². The molecule has 1 aliphatic heterocycles. The second kappa shape index (κ2) is 8.07. The van der Waals surface area contributed by atoms with Gasteiger partial charge in [0.25, 0.3) is 0 Å². The predicted molar refractivity (Wildman–Crippen MR) is 133 cm³/mol. The quantitative estimate of drug-likeness (QED) is 0.365. The van der Waals surface area contributed by atoms with Crippen molar-refractivity contribution in [2.24, 2.45) is 5.10 Å². The summed E-state index contributed by atoms with van der Waals surface area (Å²) in [4.78, 5) is 14.5. The molecule has 34 heavy (non-hydrogen) atoms. The Morgan fingerprint density at radius 3 is 2.18 bits per heavy atom. The molecule has 2 unspecified atom stereocenters. The lowest BCUT2D eigenvalue weighted by molar-refractivity contribution is 0.0856. The second-order valence-electron chi connectivity index (χ2n) is 8.89. The molecule has 6 rings (SSSR count). The van der Waals surface area contributed by atoms with E-state index in [1.807, 2.05) is 89.9 Å². The summed E-state index contributed by atoms with van der Waals surface area (Å²) < 4.78 is 13.9. The maximum Gasteiger partial charge on any atom is 0.191 e. The monoisotopic (exact) mass is 446 g/mol. The first-order valence-corrected chi connectivity index (χ1v) is 11.6. The molecule has 166 valence electrons. The van der Waals surface area contributed by atoms with Crippen molar-refractivity contribution in [3.05, 3.63) is 137 Å². The van der Waals surface area contributed by atoms with Gasteiger partial charge in [0.15, 0.2) is 5.78 Å². The standard InChI is InChI=1S/C30H23FN2O/c31-24-17-15-22(16-18-24)27-28(23-10-3-1-4-11-23)32-33(25-12-5-2-6-13-25)30(27)20-19-21-9-7-8-14-26(21)29(30)34/h1-18,27H,19-20H2. The molecule has 0 fully saturated rings. The molecule has 0 N–H and O–H groups in total. The van der Waals surface area contributed by atoms with Crippen molar-refractivity contribution in [1.82, 2.24) is 0 Å². The number of carbonyl (C=O) groups is 1. The lowest BCUT2D eigenvalue weighted by Crippen LogP contribution is -2.56. The van der Waals surface area contributed by atoms with Crippen LogP contribution in [0.5, 0.6) is 0 Å². The molecule has 3 nitrogen and oxygen atoms in total. The van der Waals surface area contributed by atoms with E-state index in [0.29, 0.717) is 6.42 Å². The molecule has 1 aliphatic carbocycles. The summed E-state index contributed by atoms with van der Waals surface area (Å²) in [6.07, 6.45) is 1.38. The Hall–Kier alpha value is -4.05. The highest BCUT2D eigenvalue weighted by molar-refractivity contribution is 6.18. The van der Waals surface area contributed by atoms with Gasteiger partial charge in [-0.05, 0) is 53.8 Å². The normalized spacial score (nSPS) is 21.4. The average Bonchev–Trinajstić information content (AvgIpc) is 3.24. The van der Waals surface area contributed by atoms with Crippen molar-refractivity contribution in [3.8, 4) is 0 Å². The molecular formula is C30H23FN2O. The first-order valence-electron chi connectivity index (χ1n) is 11.6. The molecule has 1 heterocycles. The second-order valence-corrected chi connectivity index (χ2v) is 8.89. The van der Waals surface area contributed by atoms with Gasteiger partial charge >= 0.3 is 0 Å². The number of hydrogen-bond donors (Lipinski definition) is 0. The maximum absolute atomic E-state index is 14.5. The summed E-state index contributed by atoms with van der Waals surface area (Å²) in [7, 11) is 0. The van der Waals surface area contributed by atoms with Gasteiger partial charge in [-0.3, -0.25) is 9.80 Å². The number of rotatable bonds is 3. The lowest BCUT2D eigenvalue weighted by Gasteiger charge is -2.43. The van der Waals surface area contributed by atoms with Crippen LogP contribution in [-0.4, -0.2) is 17.0 Å². The van der Waals surface area contributed by atoms with Crippen LogP contribution in [0.1, 0.15) is 39.4 Å². The van der Waals surface area contributed by atoms with Crippen LogP contribution in [0.3, 0.4) is 0 Å². The minimum absolute atomic E-state index is 0.0576. The third kappa shape index (κ3) is 3.10. The van der Waals surface area contributed by atoms with E-state index in [1.165, 1.54) is 12.1 Å². The topological polar surface area (TPSA) is 32.7 Å². The van der Waals surface area contributed by atoms with Crippen LogP contribution in [0, 0.1) is 5.82 Å². The van der Waals surface area contributed by atoms with Crippen LogP contribution < -0.4 is 5.01 Å². The zero-order valence-electron chi connectivity index (χ0n) is 18.6. The van der Waals surface area contributed by atoms with Crippen LogP contribution in [-0.2, 0) is 6.42 Å². The van der Waals surface area contributed by atoms with Crippen molar-refractivity contribution in [3.63, 3.8) is 0 Å². The summed E-state index contributed by atoms with van der Waals surface area (Å²) in [5.41, 5.74) is 4.40. The summed E-state index contributed by atoms with van der Waals surface area (Å²) >= 11 is 0. The first-order chi connectivity index (χ1) is 16.7. The number of nitrogens with zero attached hydrogens (tertiary/aromatic N) is 2. The van der Waals surface area contributed by atoms with Gasteiger partial charge in [-0.25, -0.2) is 4.39 Å². The Morgan fingerprint density at radius 2 is 1.44 bits per heavy atom. The Bertz CT molecular complexity index is 1380. The third-order valence-electron chi connectivity index (χ3n) is 7.04. The van der Waals surface area contributed by atoms with Gasteiger partial charge in [-0.1, -0.05) is 84.9 Å². The molecule has 0 saturated heterocycles. The Kier molecular flexibility index (Phi) is 4.88. The minimum Gasteiger partial charge on any atom is -0.291 e. The van der Waals surface area contributed by atoms with Crippen molar-refractivity contribution < 1.29 is 9.18 Å². The Balaban J connectivity index is 1.63. The van der Waals surface area contributed by atoms with Gasteiger partial charge in [0.2, 0.25) is 0 Å². The minimum atomic E-state index is -0.946. The Labute approximate surface area is 198 Å². The maximum atomic E-state index is 14.5. The molecule has 0 radical (unpaired) electrons. The average molecular weight is 447 g/mol. The number of fused-ring (bicyclic) bond motifs is 1. The molecule has 0 saturated carbocycles. The number of ketones is 1. The number of carbonyl (C=O) groups excluding carboxylic acids is 1. The number of hydrogen-bond acceptors (Lipinski definition) is 3. The molecule has 0 bridgehead atoms. The van der Waals surface area contributed by atoms with E-state index >= 15 is 0 Å². The lowest BCUT2D eigenvalue weighted by atomic mass is 9.65. The van der Waals surface area contributed by atoms with Crippen molar-refractivity contribution >= 4 is 17.2 Å². The smallest absolute Gasteiger partial charge is 0.191 e. The molecule has 1 spiro atoms. The van der Waals surface area contributed by atoms with E-state index in [0.717, 1.165) is 40.1 Å². The fourth-order valence-corrected chi connectivity index (χ4v) is 5.49. The fourth-order valence-electron chi connectivity index (χ4n) is 5.49. The molecule has 4 aromatic carbocycles. The molecule has 2 atom stereocenters. The van der Waals surface area contributed by atoms with E-state index in [-0.39, 0.29) is 17.5 Å². The van der Waals surface area contributed by atoms with Crippen LogP contribution in [0.2, 0.25) is 0 Å². The number of halogens is 1. The van der Waals surface area contributed by atoms with Crippen LogP contribution in [0.15, 0.2) is 114 Å². The number of hydrazone groups is 1. The van der Waals surface area contributed by atoms with Gasteiger partial charge in [-0.15, -0.1) is 0 Å². The molecular weight excluding hydrogens is 423 g/mol. The highest BCUT2D eigenvalue weighted by Crippen LogP contribution is 2.50. The Morgan fingerprint density at radius 1 is 0.794 bits per heavy atom. The molecule has 4 heteroatoms. The number of aryl methyl sites for hydroxylation is 1. The van der Waals surface area contributed by atoms with Gasteiger partial charge in [0.1, 0.15) is 11.4 Å². The number of para-hydroxylation sites is 1. The fraction of sp³-hybridized carbons (Fsp3) is 0.133. The zero-order valence-corrected chi connectivity index (χ0v) is 18.6. The van der Waals surface area contributed by atoms with Gasteiger partial charge in [0.05, 0.1) is 17.3 Å². The molecule has 0 aromatic heterocycles. The van der Waals surface area contributed by atoms with Crippen LogP contribution in [0.25, 0.3) is 0 Å². The van der Waals surface area contributed by atoms with Crippen molar-refractivity contribution in [2.75, 3.05) is 5.01 Å². The van der Waals surface area contributed by atoms with E-state index in [2.05, 4.69) is 0 Å². The third-order valence-corrected chi connectivity index (χ3v) is 7.04. The van der Waals surface area contributed by atoms with Crippen LogP contribution in [0.4, 0.5) is 10.1 Å². The summed E-state index contributed by atoms with van der Waals surface area (Å²) in [6.45, 7) is 0. The zero-order chi connectivity index (χ0) is 23.1. The largest absolute Gasteiger partial charge is 0.291 e. The van der Waals surface area contributed by atoms with Gasteiger partial charge < -0.3 is 0 Å².